The lowest BCUT2D eigenvalue weighted by molar-refractivity contribution is 0.280. The predicted molar refractivity (Wildman–Crippen MR) is 116 cm³/mol. The monoisotopic (exact) mass is 415 g/mol. The molecule has 0 bridgehead atoms. The van der Waals surface area contributed by atoms with Gasteiger partial charge in [0.2, 0.25) is 0 Å². The molecule has 0 aliphatic carbocycles. The summed E-state index contributed by atoms with van der Waals surface area (Å²) in [7, 11) is 1.65. The number of halogens is 2. The number of benzene rings is 3. The summed E-state index contributed by atoms with van der Waals surface area (Å²) in [6.45, 7) is 1.92. The van der Waals surface area contributed by atoms with Gasteiger partial charge in [0.25, 0.3) is 0 Å². The minimum absolute atomic E-state index is 0.387. The van der Waals surface area contributed by atoms with E-state index in [4.69, 9.17) is 32.7 Å². The van der Waals surface area contributed by atoms with Crippen molar-refractivity contribution in [1.29, 1.82) is 0 Å². The van der Waals surface area contributed by atoms with E-state index in [1.807, 2.05) is 66.7 Å². The van der Waals surface area contributed by atoms with Crippen LogP contribution < -0.4 is 14.8 Å². The zero-order valence-corrected chi connectivity index (χ0v) is 17.3. The molecule has 3 nitrogen and oxygen atoms in total. The molecular weight excluding hydrogens is 393 g/mol. The van der Waals surface area contributed by atoms with Gasteiger partial charge in [-0.15, -0.1) is 0 Å². The Balaban J connectivity index is 1.62. The summed E-state index contributed by atoms with van der Waals surface area (Å²) in [5.74, 6) is 1.45. The first-order valence-electron chi connectivity index (χ1n) is 9.14. The van der Waals surface area contributed by atoms with Crippen molar-refractivity contribution in [3.8, 4) is 11.5 Å². The quantitative estimate of drug-likeness (QED) is 0.440. The number of ether oxygens (including phenoxy) is 2. The number of para-hydroxylation sites is 1. The summed E-state index contributed by atoms with van der Waals surface area (Å²) in [5, 5.41) is 4.92. The molecule has 0 unspecified atom stereocenters. The Morgan fingerprint density at radius 2 is 1.61 bits per heavy atom. The third-order valence-electron chi connectivity index (χ3n) is 4.43. The molecule has 0 amide bonds. The van der Waals surface area contributed by atoms with Crippen molar-refractivity contribution < 1.29 is 9.47 Å². The molecule has 0 saturated carbocycles. The van der Waals surface area contributed by atoms with Gasteiger partial charge in [-0.25, -0.2) is 0 Å². The van der Waals surface area contributed by atoms with Gasteiger partial charge >= 0.3 is 0 Å². The number of rotatable bonds is 9. The van der Waals surface area contributed by atoms with Gasteiger partial charge in [-0.1, -0.05) is 65.7 Å². The van der Waals surface area contributed by atoms with E-state index >= 15 is 0 Å². The Morgan fingerprint density at radius 1 is 0.857 bits per heavy atom. The highest BCUT2D eigenvalue weighted by Crippen LogP contribution is 2.32. The van der Waals surface area contributed by atoms with Crippen LogP contribution in [-0.2, 0) is 19.6 Å². The van der Waals surface area contributed by atoms with Crippen LogP contribution in [0.3, 0.4) is 0 Å². The van der Waals surface area contributed by atoms with E-state index in [0.29, 0.717) is 23.9 Å². The van der Waals surface area contributed by atoms with E-state index in [1.54, 1.807) is 7.11 Å². The summed E-state index contributed by atoms with van der Waals surface area (Å²) in [6.07, 6.45) is 0.928. The molecular formula is C23H23Cl2NO2. The van der Waals surface area contributed by atoms with Crippen molar-refractivity contribution in [2.45, 2.75) is 19.6 Å². The van der Waals surface area contributed by atoms with Gasteiger partial charge in [0, 0.05) is 27.7 Å². The molecule has 0 aliphatic rings. The average molecular weight is 416 g/mol. The van der Waals surface area contributed by atoms with Crippen LogP contribution in [0.4, 0.5) is 0 Å². The highest BCUT2D eigenvalue weighted by atomic mass is 35.5. The summed E-state index contributed by atoms with van der Waals surface area (Å²) >= 11 is 12.2. The maximum Gasteiger partial charge on any atom is 0.166 e. The first kappa shape index (κ1) is 20.5. The lowest BCUT2D eigenvalue weighted by Crippen LogP contribution is -2.17. The Labute approximate surface area is 176 Å². The van der Waals surface area contributed by atoms with Crippen molar-refractivity contribution in [2.24, 2.45) is 0 Å². The first-order valence-corrected chi connectivity index (χ1v) is 9.90. The summed E-state index contributed by atoms with van der Waals surface area (Å²) in [5.41, 5.74) is 3.23. The van der Waals surface area contributed by atoms with Gasteiger partial charge in [-0.05, 0) is 42.8 Å². The van der Waals surface area contributed by atoms with Crippen molar-refractivity contribution in [3.05, 3.63) is 93.5 Å². The lowest BCUT2D eigenvalue weighted by atomic mass is 10.1. The van der Waals surface area contributed by atoms with Crippen LogP contribution in [0.15, 0.2) is 66.7 Å². The van der Waals surface area contributed by atoms with E-state index < -0.39 is 0 Å². The van der Waals surface area contributed by atoms with Crippen LogP contribution in [0.5, 0.6) is 11.5 Å². The number of hydrogen-bond acceptors (Lipinski definition) is 3. The fourth-order valence-electron chi connectivity index (χ4n) is 2.90. The highest BCUT2D eigenvalue weighted by Gasteiger charge is 2.11. The second kappa shape index (κ2) is 10.4. The molecule has 0 fully saturated rings. The molecule has 28 heavy (non-hydrogen) atoms. The zero-order chi connectivity index (χ0) is 19.8. The Kier molecular flexibility index (Phi) is 7.61. The van der Waals surface area contributed by atoms with E-state index in [1.165, 1.54) is 5.56 Å². The Bertz CT molecular complexity index is 897. The minimum Gasteiger partial charge on any atom is -0.493 e. The van der Waals surface area contributed by atoms with Crippen LogP contribution in [0.25, 0.3) is 0 Å². The molecule has 0 spiro atoms. The maximum absolute atomic E-state index is 6.24. The average Bonchev–Trinajstić information content (AvgIpc) is 2.72. The molecule has 0 atom stereocenters. The van der Waals surface area contributed by atoms with Gasteiger partial charge < -0.3 is 14.8 Å². The third-order valence-corrected chi connectivity index (χ3v) is 5.05. The second-order valence-electron chi connectivity index (χ2n) is 6.38. The molecule has 3 rings (SSSR count). The molecule has 146 valence electrons. The molecule has 0 heterocycles. The molecule has 3 aromatic carbocycles. The third kappa shape index (κ3) is 5.65. The number of hydrogen-bond donors (Lipinski definition) is 1. The normalized spacial score (nSPS) is 10.7. The van der Waals surface area contributed by atoms with Crippen molar-refractivity contribution in [3.63, 3.8) is 0 Å². The minimum atomic E-state index is 0.387. The molecule has 0 radical (unpaired) electrons. The molecule has 0 aliphatic heterocycles. The van der Waals surface area contributed by atoms with Crippen LogP contribution >= 0.6 is 23.2 Å². The molecule has 1 N–H and O–H groups in total. The molecule has 5 heteroatoms. The van der Waals surface area contributed by atoms with Crippen LogP contribution in [0.1, 0.15) is 16.7 Å². The van der Waals surface area contributed by atoms with Gasteiger partial charge in [0.1, 0.15) is 6.61 Å². The molecule has 3 aromatic rings. The van der Waals surface area contributed by atoms with Crippen LogP contribution in [-0.4, -0.2) is 13.7 Å². The SMILES string of the molecule is COc1cccc(CNCCc2ccc(Cl)cc2)c1OCc1ccccc1Cl. The zero-order valence-electron chi connectivity index (χ0n) is 15.8. The van der Waals surface area contributed by atoms with Crippen molar-refractivity contribution in [1.82, 2.24) is 5.32 Å². The second-order valence-corrected chi connectivity index (χ2v) is 7.23. The maximum atomic E-state index is 6.24. The summed E-state index contributed by atoms with van der Waals surface area (Å²) in [4.78, 5) is 0. The Hall–Kier alpha value is -2.20. The van der Waals surface area contributed by atoms with E-state index in [-0.39, 0.29) is 0 Å². The topological polar surface area (TPSA) is 30.5 Å². The van der Waals surface area contributed by atoms with Crippen molar-refractivity contribution >= 4 is 23.2 Å². The smallest absolute Gasteiger partial charge is 0.166 e. The van der Waals surface area contributed by atoms with E-state index in [0.717, 1.165) is 34.9 Å². The number of nitrogens with one attached hydrogen (secondary N) is 1. The highest BCUT2D eigenvalue weighted by molar-refractivity contribution is 6.31. The Morgan fingerprint density at radius 3 is 2.36 bits per heavy atom. The molecule has 0 aromatic heterocycles. The molecule has 0 saturated heterocycles. The fraction of sp³-hybridized carbons (Fsp3) is 0.217. The summed E-state index contributed by atoms with van der Waals surface area (Å²) < 4.78 is 11.6. The van der Waals surface area contributed by atoms with Gasteiger partial charge in [0.15, 0.2) is 11.5 Å². The van der Waals surface area contributed by atoms with Crippen molar-refractivity contribution in [2.75, 3.05) is 13.7 Å². The predicted octanol–water partition coefficient (Wildman–Crippen LogP) is 5.91. The van der Waals surface area contributed by atoms with E-state index in [9.17, 15) is 0 Å². The fourth-order valence-corrected chi connectivity index (χ4v) is 3.21. The van der Waals surface area contributed by atoms with Gasteiger partial charge in [-0.2, -0.15) is 0 Å². The van der Waals surface area contributed by atoms with Gasteiger partial charge in [0.05, 0.1) is 7.11 Å². The standard InChI is InChI=1S/C23H23Cl2NO2/c1-27-22-8-4-6-18(15-26-14-13-17-9-11-20(24)12-10-17)23(22)28-16-19-5-2-3-7-21(19)25/h2-12,26H,13-16H2,1H3. The summed E-state index contributed by atoms with van der Waals surface area (Å²) in [6, 6.07) is 21.5. The van der Waals surface area contributed by atoms with Gasteiger partial charge in [-0.3, -0.25) is 0 Å². The number of methoxy groups -OCH3 is 1. The van der Waals surface area contributed by atoms with Crippen LogP contribution in [0.2, 0.25) is 10.0 Å². The van der Waals surface area contributed by atoms with E-state index in [2.05, 4.69) is 5.32 Å². The largest absolute Gasteiger partial charge is 0.493 e. The first-order chi connectivity index (χ1) is 13.7. The van der Waals surface area contributed by atoms with Crippen LogP contribution in [0, 0.1) is 0 Å². The lowest BCUT2D eigenvalue weighted by Gasteiger charge is -2.16.